The molecular weight excluding hydrogens is 447 g/mol. The van der Waals surface area contributed by atoms with Crippen LogP contribution < -0.4 is 14.8 Å². The fraction of sp³-hybridized carbons (Fsp3) is 0.478. The molecule has 2 amide bonds. The molecule has 2 heterocycles. The summed E-state index contributed by atoms with van der Waals surface area (Å²) in [5.41, 5.74) is 2.75. The van der Waals surface area contributed by atoms with Crippen molar-refractivity contribution in [1.29, 1.82) is 0 Å². The fourth-order valence-electron chi connectivity index (χ4n) is 4.68. The number of halogens is 1. The number of pyridine rings is 1. The van der Waals surface area contributed by atoms with Gasteiger partial charge in [0, 0.05) is 17.8 Å². The molecule has 1 aliphatic carbocycles. The summed E-state index contributed by atoms with van der Waals surface area (Å²) in [7, 11) is -2.35. The maximum atomic E-state index is 14.8. The van der Waals surface area contributed by atoms with E-state index in [1.807, 2.05) is 6.92 Å². The highest BCUT2D eigenvalue weighted by Crippen LogP contribution is 2.39. The zero-order chi connectivity index (χ0) is 23.6. The largest absolute Gasteiger partial charge is 0.481 e. The molecule has 178 valence electrons. The second kappa shape index (κ2) is 9.64. The predicted molar refractivity (Wildman–Crippen MR) is 124 cm³/mol. The van der Waals surface area contributed by atoms with Gasteiger partial charge in [0.1, 0.15) is 5.82 Å². The van der Waals surface area contributed by atoms with Crippen molar-refractivity contribution < 1.29 is 22.3 Å². The standard InChI is InChI=1S/C23H29FN4O4S/c1-3-28-11-8-16(9-12-28)33(30,31)27-23(29)26-22-18-6-4-5-17(18)20(24)14-19(22)15-7-10-25-21(13-15)32-2/h7,10,13-14,16H,3-6,8-9,11-12H2,1-2H3,(H2,26,27,29). The molecule has 2 aliphatic rings. The van der Waals surface area contributed by atoms with Crippen molar-refractivity contribution in [2.24, 2.45) is 0 Å². The molecule has 0 spiro atoms. The quantitative estimate of drug-likeness (QED) is 0.663. The lowest BCUT2D eigenvalue weighted by molar-refractivity contribution is 0.240. The number of hydrogen-bond acceptors (Lipinski definition) is 6. The van der Waals surface area contributed by atoms with Crippen LogP contribution in [0.1, 0.15) is 37.3 Å². The minimum atomic E-state index is -3.84. The molecule has 0 unspecified atom stereocenters. The van der Waals surface area contributed by atoms with Crippen LogP contribution in [0.25, 0.3) is 11.1 Å². The van der Waals surface area contributed by atoms with Crippen LogP contribution in [0, 0.1) is 5.82 Å². The lowest BCUT2D eigenvalue weighted by atomic mass is 9.97. The molecule has 0 atom stereocenters. The first-order valence-corrected chi connectivity index (χ1v) is 12.8. The van der Waals surface area contributed by atoms with Crippen molar-refractivity contribution in [3.63, 3.8) is 0 Å². The van der Waals surface area contributed by atoms with Gasteiger partial charge in [-0.25, -0.2) is 27.3 Å². The molecule has 0 saturated carbocycles. The van der Waals surface area contributed by atoms with Gasteiger partial charge in [-0.15, -0.1) is 0 Å². The van der Waals surface area contributed by atoms with Gasteiger partial charge in [0.2, 0.25) is 15.9 Å². The Morgan fingerprint density at radius 2 is 1.97 bits per heavy atom. The minimum Gasteiger partial charge on any atom is -0.481 e. The number of carbonyl (C=O) groups excluding carboxylic acids is 1. The number of fused-ring (bicyclic) bond motifs is 1. The van der Waals surface area contributed by atoms with Crippen molar-refractivity contribution >= 4 is 21.7 Å². The number of ether oxygens (including phenoxy) is 1. The first kappa shape index (κ1) is 23.4. The SMILES string of the molecule is CCN1CCC(S(=O)(=O)NC(=O)Nc2c(-c3ccnc(OC)c3)cc(F)c3c2CCC3)CC1. The Labute approximate surface area is 193 Å². The number of likely N-dealkylation sites (tertiary alicyclic amines) is 1. The number of methoxy groups -OCH3 is 1. The Morgan fingerprint density at radius 3 is 2.67 bits per heavy atom. The summed E-state index contributed by atoms with van der Waals surface area (Å²) in [6.45, 7) is 4.28. The molecule has 2 aromatic rings. The van der Waals surface area contributed by atoms with Crippen LogP contribution in [0.2, 0.25) is 0 Å². The van der Waals surface area contributed by atoms with Crippen LogP contribution in [0.3, 0.4) is 0 Å². The van der Waals surface area contributed by atoms with Crippen molar-refractivity contribution in [3.05, 3.63) is 41.3 Å². The molecule has 2 N–H and O–H groups in total. The molecule has 8 nitrogen and oxygen atoms in total. The number of sulfonamides is 1. The number of hydrogen-bond donors (Lipinski definition) is 2. The van der Waals surface area contributed by atoms with Gasteiger partial charge in [-0.05, 0) is 80.6 Å². The van der Waals surface area contributed by atoms with Crippen LogP contribution in [0.15, 0.2) is 24.4 Å². The molecule has 1 saturated heterocycles. The molecular formula is C23H29FN4O4S. The Balaban J connectivity index is 1.61. The van der Waals surface area contributed by atoms with Gasteiger partial charge in [-0.3, -0.25) is 0 Å². The molecule has 0 radical (unpaired) electrons. The minimum absolute atomic E-state index is 0.338. The van der Waals surface area contributed by atoms with E-state index in [4.69, 9.17) is 4.74 Å². The zero-order valence-electron chi connectivity index (χ0n) is 18.9. The van der Waals surface area contributed by atoms with Crippen molar-refractivity contribution in [2.45, 2.75) is 44.3 Å². The van der Waals surface area contributed by atoms with E-state index < -0.39 is 21.3 Å². The van der Waals surface area contributed by atoms with Crippen molar-refractivity contribution in [1.82, 2.24) is 14.6 Å². The number of aromatic nitrogens is 1. The normalized spacial score (nSPS) is 16.9. The molecule has 10 heteroatoms. The number of nitrogens with zero attached hydrogens (tertiary/aromatic N) is 2. The molecule has 1 fully saturated rings. The number of nitrogens with one attached hydrogen (secondary N) is 2. The number of rotatable bonds is 6. The Bertz CT molecular complexity index is 1150. The van der Waals surface area contributed by atoms with E-state index in [0.717, 1.165) is 13.0 Å². The Hall–Kier alpha value is -2.72. The van der Waals surface area contributed by atoms with Gasteiger partial charge in [-0.2, -0.15) is 0 Å². The third-order valence-corrected chi connectivity index (χ3v) is 8.32. The highest BCUT2D eigenvalue weighted by Gasteiger charge is 2.32. The Morgan fingerprint density at radius 1 is 1.24 bits per heavy atom. The summed E-state index contributed by atoms with van der Waals surface area (Å²) in [6, 6.07) is 3.89. The van der Waals surface area contributed by atoms with Crippen LogP contribution in [-0.4, -0.2) is 56.3 Å². The molecule has 1 aliphatic heterocycles. The summed E-state index contributed by atoms with van der Waals surface area (Å²) in [4.78, 5) is 19.1. The van der Waals surface area contributed by atoms with Crippen LogP contribution in [-0.2, 0) is 22.9 Å². The fourth-order valence-corrected chi connectivity index (χ4v) is 5.99. The predicted octanol–water partition coefficient (Wildman–Crippen LogP) is 3.32. The number of amides is 2. The number of carbonyl (C=O) groups is 1. The smallest absolute Gasteiger partial charge is 0.332 e. The molecule has 0 bridgehead atoms. The monoisotopic (exact) mass is 476 g/mol. The summed E-state index contributed by atoms with van der Waals surface area (Å²) in [5, 5.41) is 2.10. The van der Waals surface area contributed by atoms with Gasteiger partial charge >= 0.3 is 6.03 Å². The van der Waals surface area contributed by atoms with E-state index in [-0.39, 0.29) is 5.82 Å². The van der Waals surface area contributed by atoms with Crippen molar-refractivity contribution in [3.8, 4) is 17.0 Å². The summed E-state index contributed by atoms with van der Waals surface area (Å²) in [6.07, 6.45) is 4.43. The van der Waals surface area contributed by atoms with E-state index in [1.54, 1.807) is 12.1 Å². The Kier molecular flexibility index (Phi) is 6.85. The van der Waals surface area contributed by atoms with Gasteiger partial charge in [0.25, 0.3) is 0 Å². The molecule has 1 aromatic carbocycles. The molecule has 4 rings (SSSR count). The zero-order valence-corrected chi connectivity index (χ0v) is 19.7. The summed E-state index contributed by atoms with van der Waals surface area (Å²) < 4.78 is 47.9. The van der Waals surface area contributed by atoms with E-state index in [1.165, 1.54) is 19.4 Å². The third-order valence-electron chi connectivity index (χ3n) is 6.50. The highest BCUT2D eigenvalue weighted by atomic mass is 32.2. The summed E-state index contributed by atoms with van der Waals surface area (Å²) >= 11 is 0. The van der Waals surface area contributed by atoms with Crippen LogP contribution in [0.5, 0.6) is 5.88 Å². The van der Waals surface area contributed by atoms with Gasteiger partial charge in [-0.1, -0.05) is 6.92 Å². The lowest BCUT2D eigenvalue weighted by Gasteiger charge is -2.30. The van der Waals surface area contributed by atoms with Gasteiger partial charge in [0.15, 0.2) is 0 Å². The first-order valence-electron chi connectivity index (χ1n) is 11.2. The second-order valence-electron chi connectivity index (χ2n) is 8.41. The van der Waals surface area contributed by atoms with E-state index >= 15 is 0 Å². The van der Waals surface area contributed by atoms with Gasteiger partial charge in [0.05, 0.1) is 18.0 Å². The van der Waals surface area contributed by atoms with Gasteiger partial charge < -0.3 is 15.0 Å². The van der Waals surface area contributed by atoms with E-state index in [0.29, 0.717) is 72.6 Å². The number of urea groups is 1. The average Bonchev–Trinajstić information content (AvgIpc) is 3.31. The number of piperidine rings is 1. The third kappa shape index (κ3) is 4.96. The van der Waals surface area contributed by atoms with Crippen molar-refractivity contribution in [2.75, 3.05) is 32.1 Å². The maximum absolute atomic E-state index is 14.8. The first-order chi connectivity index (χ1) is 15.8. The second-order valence-corrected chi connectivity index (χ2v) is 10.4. The van der Waals surface area contributed by atoms with Crippen LogP contribution >= 0.6 is 0 Å². The average molecular weight is 477 g/mol. The molecule has 1 aromatic heterocycles. The topological polar surface area (TPSA) is 101 Å². The van der Waals surface area contributed by atoms with E-state index in [9.17, 15) is 17.6 Å². The number of anilines is 1. The maximum Gasteiger partial charge on any atom is 0.332 e. The number of benzene rings is 1. The highest BCUT2D eigenvalue weighted by molar-refractivity contribution is 7.90. The lowest BCUT2D eigenvalue weighted by Crippen LogP contribution is -2.46. The van der Waals surface area contributed by atoms with Crippen LogP contribution in [0.4, 0.5) is 14.9 Å². The summed E-state index contributed by atoms with van der Waals surface area (Å²) in [5.74, 6) is 0.0133. The molecule has 33 heavy (non-hydrogen) atoms. The van der Waals surface area contributed by atoms with E-state index in [2.05, 4.69) is 19.9 Å².